The highest BCUT2D eigenvalue weighted by atomic mass is 16.4. The first-order valence-electron chi connectivity index (χ1n) is 6.32. The van der Waals surface area contributed by atoms with E-state index in [1.807, 2.05) is 12.1 Å². The number of carbonyl (C=O) groups is 1. The molecule has 0 saturated heterocycles. The lowest BCUT2D eigenvalue weighted by atomic mass is 10.0. The van der Waals surface area contributed by atoms with Crippen LogP contribution >= 0.6 is 0 Å². The average Bonchev–Trinajstić information content (AvgIpc) is 3.10. The summed E-state index contributed by atoms with van der Waals surface area (Å²) in [4.78, 5) is 10.8. The number of H-pyrrole nitrogens is 1. The van der Waals surface area contributed by atoms with Gasteiger partial charge in [-0.15, -0.1) is 0 Å². The molecule has 4 nitrogen and oxygen atoms in total. The Labute approximate surface area is 110 Å². The number of hydrogen-bond acceptors (Lipinski definition) is 2. The molecule has 96 valence electrons. The van der Waals surface area contributed by atoms with Gasteiger partial charge in [0.1, 0.15) is 5.69 Å². The van der Waals surface area contributed by atoms with E-state index in [1.165, 1.54) is 17.6 Å². The van der Waals surface area contributed by atoms with Crippen LogP contribution in [0.25, 0.3) is 16.8 Å². The lowest BCUT2D eigenvalue weighted by molar-refractivity contribution is 0.0690. The molecule has 1 heterocycles. The van der Waals surface area contributed by atoms with Crippen LogP contribution in [0.5, 0.6) is 0 Å². The Morgan fingerprint density at radius 2 is 2.11 bits per heavy atom. The second-order valence-electron chi connectivity index (χ2n) is 4.67. The molecule has 19 heavy (non-hydrogen) atoms. The van der Waals surface area contributed by atoms with Gasteiger partial charge >= 0.3 is 5.97 Å². The fourth-order valence-corrected chi connectivity index (χ4v) is 2.39. The summed E-state index contributed by atoms with van der Waals surface area (Å²) >= 11 is 0. The third kappa shape index (κ3) is 2.29. The van der Waals surface area contributed by atoms with Gasteiger partial charge in [-0.05, 0) is 42.5 Å². The summed E-state index contributed by atoms with van der Waals surface area (Å²) in [6.45, 7) is 0. The maximum Gasteiger partial charge on any atom is 0.353 e. The van der Waals surface area contributed by atoms with Crippen LogP contribution in [0, 0.1) is 0 Å². The molecule has 4 heteroatoms. The standard InChI is InChI=1S/C15H14N2O2/c18-15(19)14-9-13(16-17-14)12-7-3-6-11(8-12)10-4-1-2-5-10/h3-4,6-9H,1-2,5H2,(H,16,17)(H,18,19). The number of aromatic nitrogens is 2. The molecule has 0 atom stereocenters. The summed E-state index contributed by atoms with van der Waals surface area (Å²) in [7, 11) is 0. The Bertz CT molecular complexity index is 656. The van der Waals surface area contributed by atoms with Crippen molar-refractivity contribution in [3.05, 3.63) is 47.7 Å². The van der Waals surface area contributed by atoms with Crippen molar-refractivity contribution in [2.24, 2.45) is 0 Å². The molecule has 0 radical (unpaired) electrons. The number of aromatic amines is 1. The van der Waals surface area contributed by atoms with Gasteiger partial charge in [0.25, 0.3) is 0 Å². The van der Waals surface area contributed by atoms with Crippen molar-refractivity contribution in [3.63, 3.8) is 0 Å². The zero-order valence-electron chi connectivity index (χ0n) is 10.4. The number of carboxylic acid groups (broad SMARTS) is 1. The van der Waals surface area contributed by atoms with E-state index in [-0.39, 0.29) is 5.69 Å². The molecular formula is C15H14N2O2. The number of aromatic carboxylic acids is 1. The largest absolute Gasteiger partial charge is 0.477 e. The summed E-state index contributed by atoms with van der Waals surface area (Å²) in [5.41, 5.74) is 4.29. The van der Waals surface area contributed by atoms with Crippen LogP contribution in [0.2, 0.25) is 0 Å². The van der Waals surface area contributed by atoms with E-state index < -0.39 is 5.97 Å². The molecule has 1 aromatic heterocycles. The minimum atomic E-state index is -0.992. The zero-order valence-corrected chi connectivity index (χ0v) is 10.4. The second-order valence-corrected chi connectivity index (χ2v) is 4.67. The highest BCUT2D eigenvalue weighted by Crippen LogP contribution is 2.30. The summed E-state index contributed by atoms with van der Waals surface area (Å²) < 4.78 is 0. The van der Waals surface area contributed by atoms with Gasteiger partial charge in [0.2, 0.25) is 0 Å². The Morgan fingerprint density at radius 3 is 2.79 bits per heavy atom. The van der Waals surface area contributed by atoms with Crippen LogP contribution in [0.3, 0.4) is 0 Å². The van der Waals surface area contributed by atoms with Crippen LogP contribution in [-0.4, -0.2) is 21.3 Å². The Morgan fingerprint density at radius 1 is 1.26 bits per heavy atom. The molecule has 0 unspecified atom stereocenters. The second kappa shape index (κ2) is 4.72. The van der Waals surface area contributed by atoms with Crippen LogP contribution in [0.4, 0.5) is 0 Å². The predicted octanol–water partition coefficient (Wildman–Crippen LogP) is 3.34. The van der Waals surface area contributed by atoms with Crippen molar-refractivity contribution in [2.45, 2.75) is 19.3 Å². The minimum Gasteiger partial charge on any atom is -0.477 e. The maximum absolute atomic E-state index is 10.8. The number of carboxylic acids is 1. The Balaban J connectivity index is 1.96. The molecule has 0 aliphatic heterocycles. The van der Waals surface area contributed by atoms with Gasteiger partial charge in [0, 0.05) is 5.56 Å². The highest BCUT2D eigenvalue weighted by Gasteiger charge is 2.11. The van der Waals surface area contributed by atoms with Gasteiger partial charge in [-0.2, -0.15) is 5.10 Å². The van der Waals surface area contributed by atoms with E-state index in [1.54, 1.807) is 6.07 Å². The fourth-order valence-electron chi connectivity index (χ4n) is 2.39. The molecule has 0 bridgehead atoms. The first-order chi connectivity index (χ1) is 9.24. The fraction of sp³-hybridized carbons (Fsp3) is 0.200. The number of benzene rings is 1. The van der Waals surface area contributed by atoms with Crippen molar-refractivity contribution in [2.75, 3.05) is 0 Å². The minimum absolute atomic E-state index is 0.112. The molecule has 0 saturated carbocycles. The molecule has 1 aliphatic carbocycles. The Hall–Kier alpha value is -2.36. The van der Waals surface area contributed by atoms with Gasteiger partial charge in [-0.1, -0.05) is 24.3 Å². The van der Waals surface area contributed by atoms with E-state index in [0.717, 1.165) is 18.4 Å². The van der Waals surface area contributed by atoms with Crippen molar-refractivity contribution < 1.29 is 9.90 Å². The van der Waals surface area contributed by atoms with Gasteiger partial charge in [0.05, 0.1) is 5.69 Å². The molecular weight excluding hydrogens is 240 g/mol. The molecule has 3 rings (SSSR count). The summed E-state index contributed by atoms with van der Waals surface area (Å²) in [6.07, 6.45) is 5.74. The molecule has 0 spiro atoms. The molecule has 0 amide bonds. The number of allylic oxidation sites excluding steroid dienone is 2. The highest BCUT2D eigenvalue weighted by molar-refractivity contribution is 5.87. The van der Waals surface area contributed by atoms with E-state index in [9.17, 15) is 4.79 Å². The SMILES string of the molecule is O=C(O)c1cc(-c2cccc(C3=CCCC3)c2)n[nH]1. The van der Waals surface area contributed by atoms with Gasteiger partial charge in [0.15, 0.2) is 0 Å². The van der Waals surface area contributed by atoms with Crippen LogP contribution in [0.1, 0.15) is 35.3 Å². The van der Waals surface area contributed by atoms with Crippen molar-refractivity contribution in [1.82, 2.24) is 10.2 Å². The quantitative estimate of drug-likeness (QED) is 0.882. The first kappa shape index (κ1) is 11.7. The Kier molecular flexibility index (Phi) is 2.91. The van der Waals surface area contributed by atoms with Gasteiger partial charge < -0.3 is 5.11 Å². The van der Waals surface area contributed by atoms with Crippen molar-refractivity contribution >= 4 is 11.5 Å². The van der Waals surface area contributed by atoms with Crippen LogP contribution in [0.15, 0.2) is 36.4 Å². The van der Waals surface area contributed by atoms with Gasteiger partial charge in [-0.25, -0.2) is 4.79 Å². The first-order valence-corrected chi connectivity index (χ1v) is 6.32. The average molecular weight is 254 g/mol. The zero-order chi connectivity index (χ0) is 13.2. The molecule has 2 N–H and O–H groups in total. The van der Waals surface area contributed by atoms with Gasteiger partial charge in [-0.3, -0.25) is 5.10 Å². The third-order valence-corrected chi connectivity index (χ3v) is 3.38. The molecule has 1 aliphatic rings. The molecule has 0 fully saturated rings. The van der Waals surface area contributed by atoms with E-state index >= 15 is 0 Å². The normalized spacial score (nSPS) is 14.4. The summed E-state index contributed by atoms with van der Waals surface area (Å²) in [6, 6.07) is 9.65. The number of nitrogens with one attached hydrogen (secondary N) is 1. The van der Waals surface area contributed by atoms with Crippen LogP contribution < -0.4 is 0 Å². The maximum atomic E-state index is 10.8. The number of nitrogens with zero attached hydrogens (tertiary/aromatic N) is 1. The van der Waals surface area contributed by atoms with E-state index in [4.69, 9.17) is 5.11 Å². The predicted molar refractivity (Wildman–Crippen MR) is 72.8 cm³/mol. The van der Waals surface area contributed by atoms with E-state index in [0.29, 0.717) is 5.69 Å². The third-order valence-electron chi connectivity index (χ3n) is 3.38. The van der Waals surface area contributed by atoms with Crippen LogP contribution in [-0.2, 0) is 0 Å². The van der Waals surface area contributed by atoms with E-state index in [2.05, 4.69) is 28.4 Å². The summed E-state index contributed by atoms with van der Waals surface area (Å²) in [5.74, 6) is -0.992. The van der Waals surface area contributed by atoms with Crippen molar-refractivity contribution in [1.29, 1.82) is 0 Å². The molecule has 2 aromatic rings. The summed E-state index contributed by atoms with van der Waals surface area (Å²) in [5, 5.41) is 15.5. The number of rotatable bonds is 3. The molecule has 1 aromatic carbocycles. The topological polar surface area (TPSA) is 66.0 Å². The van der Waals surface area contributed by atoms with Crippen molar-refractivity contribution in [3.8, 4) is 11.3 Å². The smallest absolute Gasteiger partial charge is 0.353 e. The lowest BCUT2D eigenvalue weighted by Gasteiger charge is -2.04. The number of hydrogen-bond donors (Lipinski definition) is 2. The lowest BCUT2D eigenvalue weighted by Crippen LogP contribution is -1.95. The monoisotopic (exact) mass is 254 g/mol.